The van der Waals surface area contributed by atoms with Gasteiger partial charge in [-0.1, -0.05) is 74.0 Å². The summed E-state index contributed by atoms with van der Waals surface area (Å²) >= 11 is 0. The fourth-order valence-corrected chi connectivity index (χ4v) is 10.3. The van der Waals surface area contributed by atoms with Crippen LogP contribution in [0.5, 0.6) is 0 Å². The van der Waals surface area contributed by atoms with E-state index in [0.717, 1.165) is 63.4 Å². The molecule has 41 heavy (non-hydrogen) atoms. The first-order chi connectivity index (χ1) is 18.9. The van der Waals surface area contributed by atoms with Gasteiger partial charge in [0.2, 0.25) is 0 Å². The molecule has 0 saturated heterocycles. The molecule has 3 aliphatic carbocycles. The van der Waals surface area contributed by atoms with Crippen LogP contribution >= 0.6 is 0 Å². The van der Waals surface area contributed by atoms with Crippen molar-refractivity contribution in [1.29, 1.82) is 0 Å². The fourth-order valence-electron chi connectivity index (χ4n) is 10.3. The van der Waals surface area contributed by atoms with Crippen LogP contribution in [0.15, 0.2) is 12.2 Å². The Kier molecular flexibility index (Phi) is 10.2. The lowest BCUT2D eigenvalue weighted by Gasteiger charge is -2.67. The van der Waals surface area contributed by atoms with E-state index in [4.69, 9.17) is 9.57 Å². The lowest BCUT2D eigenvalue weighted by molar-refractivity contribution is -0.209. The highest BCUT2D eigenvalue weighted by molar-refractivity contribution is 5.75. The third-order valence-electron chi connectivity index (χ3n) is 13.4. The standard InChI is InChI=1S/C35H61NO5/c1-12-13-27-33(9)17-16-28(41-29(37)22-36-40-11)32(7,8)26(33)15-18-34(27,10)31(5,6)20-21-35(30(38)39)19-14-25(23(2)3)24(35)4/h24-28,36H,2,12-22H2,1,3-11H3,(H,38,39)/t24?,25-,26?,27?,28-,33-,34+,35-/m0/s1. The first-order valence-corrected chi connectivity index (χ1v) is 16.3. The minimum absolute atomic E-state index is 0.0103. The van der Waals surface area contributed by atoms with Crippen LogP contribution in [0.4, 0.5) is 0 Å². The van der Waals surface area contributed by atoms with Gasteiger partial charge in [0, 0.05) is 5.41 Å². The van der Waals surface area contributed by atoms with Crippen LogP contribution in [-0.2, 0) is 19.2 Å². The summed E-state index contributed by atoms with van der Waals surface area (Å²) in [5.74, 6) is 0.495. The molecule has 8 atom stereocenters. The molecular weight excluding hydrogens is 514 g/mol. The number of carboxylic acids is 1. The molecule has 0 radical (unpaired) electrons. The number of carboxylic acid groups (broad SMARTS) is 1. The van der Waals surface area contributed by atoms with Crippen molar-refractivity contribution < 1.29 is 24.3 Å². The molecule has 236 valence electrons. The van der Waals surface area contributed by atoms with Gasteiger partial charge in [-0.05, 0) is 105 Å². The first kappa shape index (κ1) is 34.1. The van der Waals surface area contributed by atoms with Gasteiger partial charge < -0.3 is 14.7 Å². The van der Waals surface area contributed by atoms with E-state index in [9.17, 15) is 14.7 Å². The van der Waals surface area contributed by atoms with Gasteiger partial charge in [-0.15, -0.1) is 0 Å². The summed E-state index contributed by atoms with van der Waals surface area (Å²) in [4.78, 5) is 30.2. The van der Waals surface area contributed by atoms with Crippen molar-refractivity contribution in [3.8, 4) is 0 Å². The number of carbonyl (C=O) groups is 2. The van der Waals surface area contributed by atoms with Crippen molar-refractivity contribution in [1.82, 2.24) is 5.48 Å². The molecule has 2 N–H and O–H groups in total. The average Bonchev–Trinajstić information content (AvgIpc) is 3.23. The van der Waals surface area contributed by atoms with Gasteiger partial charge >= 0.3 is 11.9 Å². The van der Waals surface area contributed by atoms with E-state index in [1.165, 1.54) is 13.5 Å². The molecule has 0 aliphatic heterocycles. The van der Waals surface area contributed by atoms with Crippen LogP contribution in [0.3, 0.4) is 0 Å². The molecule has 6 nitrogen and oxygen atoms in total. The second kappa shape index (κ2) is 12.3. The van der Waals surface area contributed by atoms with Crippen molar-refractivity contribution in [3.05, 3.63) is 12.2 Å². The van der Waals surface area contributed by atoms with Gasteiger partial charge in [-0.25, -0.2) is 0 Å². The highest BCUT2D eigenvalue weighted by Gasteiger charge is 2.64. The predicted octanol–water partition coefficient (Wildman–Crippen LogP) is 8.21. The van der Waals surface area contributed by atoms with Crippen LogP contribution in [0.25, 0.3) is 0 Å². The maximum Gasteiger partial charge on any atom is 0.322 e. The van der Waals surface area contributed by atoms with Crippen molar-refractivity contribution in [2.24, 2.45) is 50.7 Å². The fraction of sp³-hybridized carbons (Fsp3) is 0.886. The molecule has 3 saturated carbocycles. The molecule has 3 aliphatic rings. The minimum Gasteiger partial charge on any atom is -0.481 e. The van der Waals surface area contributed by atoms with Gasteiger partial charge in [-0.2, -0.15) is 5.48 Å². The molecule has 6 heteroatoms. The molecule has 0 spiro atoms. The van der Waals surface area contributed by atoms with E-state index in [0.29, 0.717) is 17.8 Å². The summed E-state index contributed by atoms with van der Waals surface area (Å²) in [5.41, 5.74) is 3.16. The van der Waals surface area contributed by atoms with E-state index >= 15 is 0 Å². The maximum absolute atomic E-state index is 12.8. The summed E-state index contributed by atoms with van der Waals surface area (Å²) in [6.45, 7) is 25.3. The summed E-state index contributed by atoms with van der Waals surface area (Å²) in [5, 5.41) is 10.6. The van der Waals surface area contributed by atoms with E-state index in [-0.39, 0.29) is 46.2 Å². The van der Waals surface area contributed by atoms with E-state index in [1.807, 2.05) is 0 Å². The van der Waals surface area contributed by atoms with Crippen molar-refractivity contribution in [3.63, 3.8) is 0 Å². The number of hydroxylamine groups is 1. The van der Waals surface area contributed by atoms with Gasteiger partial charge in [0.15, 0.2) is 0 Å². The Balaban J connectivity index is 1.88. The number of allylic oxidation sites excluding steroid dienone is 1. The second-order valence-electron chi connectivity index (χ2n) is 15.8. The number of rotatable bonds is 12. The molecule has 0 aromatic rings. The third kappa shape index (κ3) is 5.90. The van der Waals surface area contributed by atoms with Crippen molar-refractivity contribution >= 4 is 11.9 Å². The number of ether oxygens (including phenoxy) is 1. The Bertz CT molecular complexity index is 974. The molecule has 0 heterocycles. The van der Waals surface area contributed by atoms with Gasteiger partial charge in [0.05, 0.1) is 12.5 Å². The van der Waals surface area contributed by atoms with Crippen LogP contribution in [0.1, 0.15) is 127 Å². The minimum atomic E-state index is -0.666. The van der Waals surface area contributed by atoms with Crippen molar-refractivity contribution in [2.75, 3.05) is 13.7 Å². The average molecular weight is 576 g/mol. The molecular formula is C35H61NO5. The largest absolute Gasteiger partial charge is 0.481 e. The molecule has 3 rings (SSSR count). The number of nitrogens with one attached hydrogen (secondary N) is 1. The third-order valence-corrected chi connectivity index (χ3v) is 13.4. The lowest BCUT2D eigenvalue weighted by Crippen LogP contribution is -2.61. The summed E-state index contributed by atoms with van der Waals surface area (Å²) in [6, 6.07) is 0. The smallest absolute Gasteiger partial charge is 0.322 e. The Labute approximate surface area is 250 Å². The highest BCUT2D eigenvalue weighted by Crippen LogP contribution is 2.70. The Morgan fingerprint density at radius 1 is 1.07 bits per heavy atom. The van der Waals surface area contributed by atoms with Crippen LogP contribution < -0.4 is 5.48 Å². The normalized spacial score (nSPS) is 38.7. The van der Waals surface area contributed by atoms with E-state index in [1.54, 1.807) is 0 Å². The Morgan fingerprint density at radius 3 is 2.27 bits per heavy atom. The summed E-state index contributed by atoms with van der Waals surface area (Å²) < 4.78 is 6.04. The highest BCUT2D eigenvalue weighted by atomic mass is 16.6. The zero-order valence-electron chi connectivity index (χ0n) is 28.0. The van der Waals surface area contributed by atoms with Crippen LogP contribution in [0, 0.1) is 50.7 Å². The quantitative estimate of drug-likeness (QED) is 0.139. The molecule has 0 aromatic heterocycles. The predicted molar refractivity (Wildman–Crippen MR) is 165 cm³/mol. The van der Waals surface area contributed by atoms with Crippen LogP contribution in [0.2, 0.25) is 0 Å². The van der Waals surface area contributed by atoms with E-state index < -0.39 is 11.4 Å². The van der Waals surface area contributed by atoms with Gasteiger partial charge in [-0.3, -0.25) is 9.59 Å². The molecule has 3 fully saturated rings. The second-order valence-corrected chi connectivity index (χ2v) is 15.8. The topological polar surface area (TPSA) is 84.9 Å². The number of hydrogen-bond acceptors (Lipinski definition) is 5. The number of hydrogen-bond donors (Lipinski definition) is 2. The molecule has 0 amide bonds. The molecule has 0 aromatic carbocycles. The number of fused-ring (bicyclic) bond motifs is 1. The Hall–Kier alpha value is -1.40. The zero-order valence-corrected chi connectivity index (χ0v) is 28.0. The summed E-state index contributed by atoms with van der Waals surface area (Å²) in [7, 11) is 1.51. The monoisotopic (exact) mass is 575 g/mol. The SMILES string of the molecule is C=C(C)[C@@H]1CC[C@@](CCC(C)(C)[C@]2(C)CCC3C(C)(C)[C@@H](OC(=O)CNOC)CC[C@]3(C)C2CCC)(C(=O)O)C1C. The molecule has 3 unspecified atom stereocenters. The lowest BCUT2D eigenvalue weighted by atomic mass is 9.38. The number of carbonyl (C=O) groups excluding carboxylic acids is 1. The Morgan fingerprint density at radius 2 is 1.73 bits per heavy atom. The molecule has 0 bridgehead atoms. The summed E-state index contributed by atoms with van der Waals surface area (Å²) in [6.07, 6.45) is 9.67. The van der Waals surface area contributed by atoms with Crippen LogP contribution in [-0.4, -0.2) is 36.8 Å². The number of esters is 1. The van der Waals surface area contributed by atoms with E-state index in [2.05, 4.69) is 74.4 Å². The maximum atomic E-state index is 12.8. The van der Waals surface area contributed by atoms with Crippen molar-refractivity contribution in [2.45, 2.75) is 133 Å². The zero-order chi connectivity index (χ0) is 31.0. The number of aliphatic carboxylic acids is 1. The van der Waals surface area contributed by atoms with Gasteiger partial charge in [0.25, 0.3) is 0 Å². The van der Waals surface area contributed by atoms with Gasteiger partial charge in [0.1, 0.15) is 12.6 Å². The first-order valence-electron chi connectivity index (χ1n) is 16.3.